The minimum absolute atomic E-state index is 0.0458. The summed E-state index contributed by atoms with van der Waals surface area (Å²) in [5.41, 5.74) is 3.07. The second kappa shape index (κ2) is 7.07. The van der Waals surface area contributed by atoms with Crippen molar-refractivity contribution in [2.24, 2.45) is 23.2 Å². The summed E-state index contributed by atoms with van der Waals surface area (Å²) in [6.07, 6.45) is 8.99. The maximum atomic E-state index is 13.8. The molecule has 6 nitrogen and oxygen atoms in total. The number of hydrogen-bond acceptors (Lipinski definition) is 3. The molecule has 7 rings (SSSR count). The molecular weight excluding hydrogens is 414 g/mol. The first kappa shape index (κ1) is 21.2. The van der Waals surface area contributed by atoms with Gasteiger partial charge in [-0.2, -0.15) is 0 Å². The van der Waals surface area contributed by atoms with E-state index in [0.717, 1.165) is 32.1 Å². The van der Waals surface area contributed by atoms with Gasteiger partial charge in [0, 0.05) is 12.5 Å². The smallest absolute Gasteiger partial charge is 0.322 e. The monoisotopic (exact) mass is 449 g/mol. The highest BCUT2D eigenvalue weighted by molar-refractivity contribution is 6.07. The third-order valence-corrected chi connectivity index (χ3v) is 9.96. The van der Waals surface area contributed by atoms with Gasteiger partial charge >= 0.3 is 6.03 Å². The van der Waals surface area contributed by atoms with Gasteiger partial charge in [-0.1, -0.05) is 24.6 Å². The number of carbonyl (C=O) groups is 3. The van der Waals surface area contributed by atoms with Crippen molar-refractivity contribution < 1.29 is 14.4 Å². The second-order valence-corrected chi connectivity index (χ2v) is 12.0. The minimum atomic E-state index is -0.841. The number of nitrogens with one attached hydrogen (secondary N) is 3. The average Bonchev–Trinajstić information content (AvgIpc) is 3.29. The van der Waals surface area contributed by atoms with E-state index in [-0.39, 0.29) is 28.6 Å². The average molecular weight is 450 g/mol. The van der Waals surface area contributed by atoms with Crippen molar-refractivity contribution >= 4 is 17.8 Å². The van der Waals surface area contributed by atoms with Crippen LogP contribution in [0.3, 0.4) is 0 Å². The Kier molecular flexibility index (Phi) is 4.54. The Morgan fingerprint density at radius 2 is 1.85 bits per heavy atom. The Bertz CT molecular complexity index is 1040. The van der Waals surface area contributed by atoms with Crippen LogP contribution in [0.1, 0.15) is 74.5 Å². The zero-order valence-corrected chi connectivity index (χ0v) is 19.8. The van der Waals surface area contributed by atoms with Gasteiger partial charge in [0.2, 0.25) is 5.91 Å². The molecule has 33 heavy (non-hydrogen) atoms. The zero-order chi connectivity index (χ0) is 23.0. The molecule has 0 aromatic heterocycles. The molecule has 1 saturated heterocycles. The van der Waals surface area contributed by atoms with E-state index in [0.29, 0.717) is 24.8 Å². The minimum Gasteiger partial charge on any atom is -0.355 e. The van der Waals surface area contributed by atoms with Gasteiger partial charge < -0.3 is 10.6 Å². The Morgan fingerprint density at radius 3 is 2.52 bits per heavy atom. The summed E-state index contributed by atoms with van der Waals surface area (Å²) >= 11 is 0. The van der Waals surface area contributed by atoms with Gasteiger partial charge in [0.15, 0.2) is 0 Å². The molecule has 3 N–H and O–H groups in total. The van der Waals surface area contributed by atoms with Crippen LogP contribution in [0.5, 0.6) is 0 Å². The molecule has 4 amide bonds. The van der Waals surface area contributed by atoms with Crippen molar-refractivity contribution in [2.75, 3.05) is 6.54 Å². The van der Waals surface area contributed by atoms with Gasteiger partial charge in [-0.3, -0.25) is 14.9 Å². The largest absolute Gasteiger partial charge is 0.355 e. The van der Waals surface area contributed by atoms with E-state index in [2.05, 4.69) is 48.0 Å². The number of amides is 4. The number of rotatable bonds is 4. The van der Waals surface area contributed by atoms with Crippen molar-refractivity contribution in [1.29, 1.82) is 0 Å². The molecule has 1 aliphatic heterocycles. The highest BCUT2D eigenvalue weighted by atomic mass is 16.2. The highest BCUT2D eigenvalue weighted by Crippen LogP contribution is 2.65. The van der Waals surface area contributed by atoms with E-state index in [4.69, 9.17) is 0 Å². The Balaban J connectivity index is 1.23. The van der Waals surface area contributed by atoms with Gasteiger partial charge in [0.25, 0.3) is 5.91 Å². The van der Waals surface area contributed by atoms with E-state index in [1.165, 1.54) is 36.0 Å². The Hall–Kier alpha value is -2.37. The van der Waals surface area contributed by atoms with Crippen molar-refractivity contribution in [1.82, 2.24) is 16.0 Å². The Labute approximate surface area is 195 Å². The quantitative estimate of drug-likeness (QED) is 0.614. The summed E-state index contributed by atoms with van der Waals surface area (Å²) in [6, 6.07) is 6.52. The molecule has 6 aliphatic rings. The summed E-state index contributed by atoms with van der Waals surface area (Å²) in [7, 11) is 0. The number of benzene rings is 1. The van der Waals surface area contributed by atoms with E-state index in [9.17, 15) is 14.4 Å². The van der Waals surface area contributed by atoms with Gasteiger partial charge in [-0.05, 0) is 99.2 Å². The lowest BCUT2D eigenvalue weighted by molar-refractivity contribution is -0.149. The van der Waals surface area contributed by atoms with Gasteiger partial charge in [-0.15, -0.1) is 0 Å². The van der Waals surface area contributed by atoms with Crippen molar-refractivity contribution in [3.05, 3.63) is 34.9 Å². The van der Waals surface area contributed by atoms with Crippen molar-refractivity contribution in [3.8, 4) is 0 Å². The summed E-state index contributed by atoms with van der Waals surface area (Å²) in [5, 5.41) is 8.57. The Morgan fingerprint density at radius 1 is 1.09 bits per heavy atom. The van der Waals surface area contributed by atoms with E-state index in [1.54, 1.807) is 0 Å². The normalized spacial score (nSPS) is 40.8. The number of hydrogen-bond donors (Lipinski definition) is 3. The van der Waals surface area contributed by atoms with Crippen LogP contribution < -0.4 is 16.0 Å². The molecule has 5 saturated carbocycles. The number of carbonyl (C=O) groups excluding carboxylic acids is 3. The molecule has 176 valence electrons. The first-order valence-electron chi connectivity index (χ1n) is 12.7. The first-order valence-corrected chi connectivity index (χ1v) is 12.7. The molecule has 4 unspecified atom stereocenters. The molecule has 4 atom stereocenters. The number of imide groups is 1. The predicted molar refractivity (Wildman–Crippen MR) is 124 cm³/mol. The molecule has 1 aromatic rings. The van der Waals surface area contributed by atoms with E-state index in [1.807, 2.05) is 0 Å². The molecule has 1 heterocycles. The van der Waals surface area contributed by atoms with Gasteiger partial charge in [0.1, 0.15) is 5.54 Å². The second-order valence-electron chi connectivity index (χ2n) is 12.0. The molecule has 6 heteroatoms. The highest BCUT2D eigenvalue weighted by Gasteiger charge is 2.61. The van der Waals surface area contributed by atoms with Crippen molar-refractivity contribution in [2.45, 2.75) is 82.6 Å². The van der Waals surface area contributed by atoms with Crippen LogP contribution in [0, 0.1) is 37.0 Å². The molecule has 1 spiro atoms. The van der Waals surface area contributed by atoms with Crippen LogP contribution in [-0.4, -0.2) is 29.9 Å². The maximum Gasteiger partial charge on any atom is 0.322 e. The number of urea groups is 1. The lowest BCUT2D eigenvalue weighted by atomic mass is 9.42. The van der Waals surface area contributed by atoms with Crippen LogP contribution in [0.2, 0.25) is 0 Å². The maximum absolute atomic E-state index is 13.8. The van der Waals surface area contributed by atoms with Crippen LogP contribution in [0.25, 0.3) is 0 Å². The number of aryl methyl sites for hydroxylation is 2. The van der Waals surface area contributed by atoms with Crippen LogP contribution in [-0.2, 0) is 15.0 Å². The van der Waals surface area contributed by atoms with Crippen LogP contribution >= 0.6 is 0 Å². The molecule has 6 fully saturated rings. The zero-order valence-electron chi connectivity index (χ0n) is 19.8. The van der Waals surface area contributed by atoms with Gasteiger partial charge in [-0.25, -0.2) is 4.79 Å². The van der Waals surface area contributed by atoms with Crippen molar-refractivity contribution in [3.63, 3.8) is 0 Å². The molecule has 1 aromatic carbocycles. The molecule has 0 radical (unpaired) electrons. The summed E-state index contributed by atoms with van der Waals surface area (Å²) in [4.78, 5) is 38.1. The standard InChI is InChI=1S/C27H35N3O3/c1-16-5-6-20(8-17(16)2)25-10-18-9-19(11-25)13-26(12-18,15-25)22(31)28-14-21-4-3-7-27(21)23(32)29-24(33)30-27/h5-6,8,18-19,21H,3-4,7,9-15H2,1-2H3,(H,28,31)(H2,29,30,32,33). The molecule has 4 bridgehead atoms. The summed E-state index contributed by atoms with van der Waals surface area (Å²) < 4.78 is 0. The summed E-state index contributed by atoms with van der Waals surface area (Å²) in [6.45, 7) is 4.81. The third kappa shape index (κ3) is 3.08. The predicted octanol–water partition coefficient (Wildman–Crippen LogP) is 3.64. The lowest BCUT2D eigenvalue weighted by Crippen LogP contribution is -2.60. The van der Waals surface area contributed by atoms with Gasteiger partial charge in [0.05, 0.1) is 5.41 Å². The fourth-order valence-corrected chi connectivity index (χ4v) is 8.66. The lowest BCUT2D eigenvalue weighted by Gasteiger charge is -2.61. The SMILES string of the molecule is Cc1ccc(C23CC4CC(CC(C(=O)NCC5CCCC56NC(=O)NC6=O)(C4)C2)C3)cc1C. The summed E-state index contributed by atoms with van der Waals surface area (Å²) in [5.74, 6) is 1.15. The van der Waals surface area contributed by atoms with Crippen LogP contribution in [0.4, 0.5) is 4.79 Å². The third-order valence-electron chi connectivity index (χ3n) is 9.96. The molecular formula is C27H35N3O3. The molecule has 5 aliphatic carbocycles. The fraction of sp³-hybridized carbons (Fsp3) is 0.667. The van der Waals surface area contributed by atoms with Crippen LogP contribution in [0.15, 0.2) is 18.2 Å². The van der Waals surface area contributed by atoms with E-state index >= 15 is 0 Å². The first-order chi connectivity index (χ1) is 15.7. The van der Waals surface area contributed by atoms with E-state index < -0.39 is 11.6 Å². The fourth-order valence-electron chi connectivity index (χ4n) is 8.66. The topological polar surface area (TPSA) is 87.3 Å².